The van der Waals surface area contributed by atoms with Gasteiger partial charge >= 0.3 is 5.69 Å². The van der Waals surface area contributed by atoms with Crippen molar-refractivity contribution in [2.45, 2.75) is 38.0 Å². The molecule has 0 unspecified atom stereocenters. The number of hydrogen-bond donors (Lipinski definition) is 1. The Morgan fingerprint density at radius 1 is 1.26 bits per heavy atom. The second-order valence-corrected chi connectivity index (χ2v) is 9.96. The van der Waals surface area contributed by atoms with E-state index < -0.39 is 17.4 Å². The highest BCUT2D eigenvalue weighted by Gasteiger charge is 2.23. The molecule has 1 saturated carbocycles. The van der Waals surface area contributed by atoms with E-state index in [1.807, 2.05) is 6.07 Å². The summed E-state index contributed by atoms with van der Waals surface area (Å²) in [6, 6.07) is 8.13. The van der Waals surface area contributed by atoms with Gasteiger partial charge in [0.05, 0.1) is 26.5 Å². The first-order chi connectivity index (χ1) is 16.7. The first-order valence-corrected chi connectivity index (χ1v) is 12.5. The number of aromatic nitrogens is 2. The number of rotatable bonds is 7. The van der Waals surface area contributed by atoms with Gasteiger partial charge in [0.1, 0.15) is 5.82 Å². The number of halogens is 2. The lowest BCUT2D eigenvalue weighted by Gasteiger charge is -2.22. The number of benzene rings is 2. The van der Waals surface area contributed by atoms with Gasteiger partial charge in [0.2, 0.25) is 5.75 Å². The lowest BCUT2D eigenvalue weighted by atomic mass is 9.88. The van der Waals surface area contributed by atoms with Crippen LogP contribution < -0.4 is 16.0 Å². The number of carbonyl (C=O) groups is 1. The van der Waals surface area contributed by atoms with E-state index in [1.165, 1.54) is 17.0 Å². The SMILES string of the molecule is NC(=O)COc1c(Br)cc(C=Nn2c(C3CCCCC3)nc3ccc(Br)cc3c2=O)cc1[N+](=O)[O-]. The van der Waals surface area contributed by atoms with Crippen molar-refractivity contribution in [3.05, 3.63) is 71.1 Å². The Balaban J connectivity index is 1.81. The molecule has 1 aliphatic carbocycles. The number of nitro groups is 1. The van der Waals surface area contributed by atoms with Crippen molar-refractivity contribution < 1.29 is 14.5 Å². The van der Waals surface area contributed by atoms with Crippen LogP contribution in [0.5, 0.6) is 5.75 Å². The monoisotopic (exact) mass is 605 g/mol. The van der Waals surface area contributed by atoms with E-state index in [0.29, 0.717) is 22.3 Å². The van der Waals surface area contributed by atoms with E-state index in [1.54, 1.807) is 18.2 Å². The predicted molar refractivity (Wildman–Crippen MR) is 138 cm³/mol. The molecular weight excluding hydrogens is 586 g/mol. The fourth-order valence-electron chi connectivity index (χ4n) is 4.12. The van der Waals surface area contributed by atoms with Gasteiger partial charge in [-0.25, -0.2) is 4.98 Å². The van der Waals surface area contributed by atoms with Crippen molar-refractivity contribution >= 4 is 60.6 Å². The topological polar surface area (TPSA) is 143 Å². The van der Waals surface area contributed by atoms with Gasteiger partial charge in [-0.15, -0.1) is 0 Å². The van der Waals surface area contributed by atoms with Crippen LogP contribution in [0.4, 0.5) is 5.69 Å². The van der Waals surface area contributed by atoms with Crippen LogP contribution in [0.3, 0.4) is 0 Å². The highest BCUT2D eigenvalue weighted by atomic mass is 79.9. The molecule has 35 heavy (non-hydrogen) atoms. The number of carbonyl (C=O) groups excluding carboxylic acids is 1. The lowest BCUT2D eigenvalue weighted by Crippen LogP contribution is -2.25. The van der Waals surface area contributed by atoms with Gasteiger partial charge in [-0.2, -0.15) is 9.78 Å². The molecule has 1 heterocycles. The molecule has 0 bridgehead atoms. The predicted octanol–water partition coefficient (Wildman–Crippen LogP) is 4.62. The first-order valence-electron chi connectivity index (χ1n) is 10.9. The number of nitrogens with zero attached hydrogens (tertiary/aromatic N) is 4. The van der Waals surface area contributed by atoms with Crippen LogP contribution in [0.25, 0.3) is 10.9 Å². The van der Waals surface area contributed by atoms with Crippen LogP contribution in [0.15, 0.2) is 49.2 Å². The molecule has 2 N–H and O–H groups in total. The van der Waals surface area contributed by atoms with E-state index in [2.05, 4.69) is 37.0 Å². The number of fused-ring (bicyclic) bond motifs is 1. The molecule has 1 aliphatic rings. The van der Waals surface area contributed by atoms with Gasteiger partial charge in [0.25, 0.3) is 11.5 Å². The van der Waals surface area contributed by atoms with Crippen molar-refractivity contribution in [2.75, 3.05) is 6.61 Å². The summed E-state index contributed by atoms with van der Waals surface area (Å²) in [6.07, 6.45) is 6.43. The second-order valence-electron chi connectivity index (χ2n) is 8.19. The maximum atomic E-state index is 13.4. The van der Waals surface area contributed by atoms with Gasteiger partial charge in [-0.3, -0.25) is 19.7 Å². The van der Waals surface area contributed by atoms with Crippen LogP contribution in [0.1, 0.15) is 49.4 Å². The number of nitro benzene ring substituents is 1. The average molecular weight is 607 g/mol. The number of primary amides is 1. The van der Waals surface area contributed by atoms with E-state index >= 15 is 0 Å². The Hall–Kier alpha value is -3.12. The van der Waals surface area contributed by atoms with Crippen LogP contribution >= 0.6 is 31.9 Å². The first kappa shape index (κ1) is 25.0. The third kappa shape index (κ3) is 5.59. The van der Waals surface area contributed by atoms with Crippen molar-refractivity contribution in [3.63, 3.8) is 0 Å². The zero-order chi connectivity index (χ0) is 25.1. The minimum Gasteiger partial charge on any atom is -0.476 e. The number of nitrogens with two attached hydrogens (primary N) is 1. The van der Waals surface area contributed by atoms with Crippen molar-refractivity contribution in [2.24, 2.45) is 10.8 Å². The van der Waals surface area contributed by atoms with Gasteiger partial charge in [0.15, 0.2) is 6.61 Å². The maximum Gasteiger partial charge on any atom is 0.312 e. The van der Waals surface area contributed by atoms with E-state index in [-0.39, 0.29) is 27.4 Å². The molecule has 182 valence electrons. The van der Waals surface area contributed by atoms with Gasteiger partial charge in [-0.05, 0) is 53.0 Å². The summed E-state index contributed by atoms with van der Waals surface area (Å²) in [4.78, 5) is 40.2. The van der Waals surface area contributed by atoms with Crippen molar-refractivity contribution in [1.82, 2.24) is 9.66 Å². The van der Waals surface area contributed by atoms with Gasteiger partial charge in [-0.1, -0.05) is 35.2 Å². The average Bonchev–Trinajstić information content (AvgIpc) is 2.83. The van der Waals surface area contributed by atoms with Crippen LogP contribution in [-0.4, -0.2) is 33.3 Å². The molecule has 12 heteroatoms. The third-order valence-electron chi connectivity index (χ3n) is 5.73. The normalized spacial score (nSPS) is 14.5. The molecule has 10 nitrogen and oxygen atoms in total. The molecule has 0 aliphatic heterocycles. The highest BCUT2D eigenvalue weighted by Crippen LogP contribution is 2.36. The summed E-state index contributed by atoms with van der Waals surface area (Å²) in [5, 5.41) is 16.4. The Kier molecular flexibility index (Phi) is 7.60. The number of hydrogen-bond acceptors (Lipinski definition) is 7. The second kappa shape index (κ2) is 10.6. The Labute approximate surface area is 216 Å². The molecular formula is C23H21Br2N5O5. The zero-order valence-corrected chi connectivity index (χ0v) is 21.6. The largest absolute Gasteiger partial charge is 0.476 e. The van der Waals surface area contributed by atoms with Gasteiger partial charge < -0.3 is 10.5 Å². The molecule has 2 aromatic carbocycles. The summed E-state index contributed by atoms with van der Waals surface area (Å²) in [5.41, 5.74) is 5.35. The minimum absolute atomic E-state index is 0.0901. The molecule has 1 amide bonds. The summed E-state index contributed by atoms with van der Waals surface area (Å²) < 4.78 is 7.49. The van der Waals surface area contributed by atoms with Crippen molar-refractivity contribution in [3.8, 4) is 5.75 Å². The molecule has 3 aromatic rings. The Morgan fingerprint density at radius 2 is 2.00 bits per heavy atom. The zero-order valence-electron chi connectivity index (χ0n) is 18.4. The number of ether oxygens (including phenoxy) is 1. The molecule has 1 aromatic heterocycles. The fraction of sp³-hybridized carbons (Fsp3) is 0.304. The molecule has 0 radical (unpaired) electrons. The fourth-order valence-corrected chi connectivity index (χ4v) is 5.07. The number of amides is 1. The quantitative estimate of drug-likeness (QED) is 0.236. The summed E-state index contributed by atoms with van der Waals surface area (Å²) in [5.74, 6) is -0.215. The Bertz CT molecular complexity index is 1400. The molecule has 0 spiro atoms. The summed E-state index contributed by atoms with van der Waals surface area (Å²) >= 11 is 6.64. The standard InChI is InChI=1S/C23H21Br2N5O5/c24-15-6-7-18-16(10-15)23(32)29(22(28-18)14-4-2-1-3-5-14)27-11-13-8-17(25)21(35-12-20(26)31)19(9-13)30(33)34/h6-11,14H,1-5,12H2,(H2,26,31). The molecule has 0 saturated heterocycles. The molecule has 1 fully saturated rings. The highest BCUT2D eigenvalue weighted by molar-refractivity contribution is 9.10. The van der Waals surface area contributed by atoms with Gasteiger partial charge in [0, 0.05) is 22.0 Å². The van der Waals surface area contributed by atoms with E-state index in [9.17, 15) is 19.7 Å². The van der Waals surface area contributed by atoms with E-state index in [0.717, 1.165) is 36.6 Å². The molecule has 4 rings (SSSR count). The van der Waals surface area contributed by atoms with Crippen LogP contribution in [0, 0.1) is 10.1 Å². The molecule has 0 atom stereocenters. The lowest BCUT2D eigenvalue weighted by molar-refractivity contribution is -0.385. The summed E-state index contributed by atoms with van der Waals surface area (Å²) in [6.45, 7) is -0.509. The van der Waals surface area contributed by atoms with Crippen LogP contribution in [-0.2, 0) is 4.79 Å². The van der Waals surface area contributed by atoms with Crippen LogP contribution in [0.2, 0.25) is 0 Å². The minimum atomic E-state index is -0.762. The van der Waals surface area contributed by atoms with Crippen molar-refractivity contribution in [1.29, 1.82) is 0 Å². The smallest absolute Gasteiger partial charge is 0.312 e. The summed E-state index contributed by atoms with van der Waals surface area (Å²) in [7, 11) is 0. The third-order valence-corrected chi connectivity index (χ3v) is 6.81. The Morgan fingerprint density at radius 3 is 2.69 bits per heavy atom. The van der Waals surface area contributed by atoms with E-state index in [4.69, 9.17) is 15.5 Å². The maximum absolute atomic E-state index is 13.4.